The molecule has 0 radical (unpaired) electrons. The van der Waals surface area contributed by atoms with Crippen molar-refractivity contribution in [3.8, 4) is 0 Å². The van der Waals surface area contributed by atoms with E-state index in [2.05, 4.69) is 10.6 Å². The molecule has 2 aromatic carbocycles. The summed E-state index contributed by atoms with van der Waals surface area (Å²) in [6.45, 7) is 1.77. The number of hydrogen-bond acceptors (Lipinski definition) is 8. The average molecular weight is 496 g/mol. The molecule has 12 heteroatoms. The van der Waals surface area contributed by atoms with Crippen LogP contribution in [-0.4, -0.2) is 58.8 Å². The molecule has 0 fully saturated rings. The standard InChI is InChI=1S/C21H25N3O7S2/c1-14-7-8-15(11-18(14)33(22,28)29)24-19(25)12-31-21(27)16-5-3-4-6-17(16)32-13-20(26)23-9-10-30-2/h3-8,11H,9-10,12-13H2,1-2H3,(H,23,26)(H,24,25)(H2,22,28,29). The van der Waals surface area contributed by atoms with Gasteiger partial charge >= 0.3 is 5.97 Å². The maximum Gasteiger partial charge on any atom is 0.339 e. The lowest BCUT2D eigenvalue weighted by Crippen LogP contribution is -2.28. The van der Waals surface area contributed by atoms with E-state index in [1.54, 1.807) is 25.1 Å². The van der Waals surface area contributed by atoms with E-state index < -0.39 is 28.5 Å². The highest BCUT2D eigenvalue weighted by Gasteiger charge is 2.17. The Balaban J connectivity index is 1.94. The molecule has 33 heavy (non-hydrogen) atoms. The number of aryl methyl sites for hydroxylation is 1. The van der Waals surface area contributed by atoms with E-state index in [1.807, 2.05) is 0 Å². The fourth-order valence-corrected chi connectivity index (χ4v) is 4.32. The molecular formula is C21H25N3O7S2. The van der Waals surface area contributed by atoms with Crippen LogP contribution in [0.3, 0.4) is 0 Å². The van der Waals surface area contributed by atoms with Crippen LogP contribution in [0.2, 0.25) is 0 Å². The molecule has 2 aromatic rings. The summed E-state index contributed by atoms with van der Waals surface area (Å²) in [5.41, 5.74) is 0.844. The molecule has 0 bridgehead atoms. The van der Waals surface area contributed by atoms with E-state index in [0.29, 0.717) is 23.6 Å². The van der Waals surface area contributed by atoms with Crippen molar-refractivity contribution in [2.24, 2.45) is 5.14 Å². The van der Waals surface area contributed by atoms with Gasteiger partial charge in [-0.1, -0.05) is 18.2 Å². The van der Waals surface area contributed by atoms with Crippen molar-refractivity contribution in [3.05, 3.63) is 53.6 Å². The van der Waals surface area contributed by atoms with Gasteiger partial charge in [-0.3, -0.25) is 9.59 Å². The zero-order valence-electron chi connectivity index (χ0n) is 18.1. The smallest absolute Gasteiger partial charge is 0.339 e. The third kappa shape index (κ3) is 8.50. The number of carbonyl (C=O) groups excluding carboxylic acids is 3. The normalized spacial score (nSPS) is 11.0. The van der Waals surface area contributed by atoms with Gasteiger partial charge in [0.05, 0.1) is 22.8 Å². The van der Waals surface area contributed by atoms with Gasteiger partial charge in [0.1, 0.15) is 0 Å². The first-order chi connectivity index (χ1) is 15.6. The summed E-state index contributed by atoms with van der Waals surface area (Å²) in [6, 6.07) is 10.8. The van der Waals surface area contributed by atoms with Crippen molar-refractivity contribution in [2.75, 3.05) is 37.9 Å². The van der Waals surface area contributed by atoms with Gasteiger partial charge in [0.15, 0.2) is 6.61 Å². The second kappa shape index (κ2) is 12.3. The number of anilines is 1. The molecule has 0 atom stereocenters. The van der Waals surface area contributed by atoms with Crippen LogP contribution in [0.4, 0.5) is 5.69 Å². The number of benzene rings is 2. The Bertz CT molecular complexity index is 1120. The summed E-state index contributed by atoms with van der Waals surface area (Å²) in [4.78, 5) is 36.9. The van der Waals surface area contributed by atoms with Gasteiger partial charge < -0.3 is 20.1 Å². The van der Waals surface area contributed by atoms with E-state index in [1.165, 1.54) is 31.4 Å². The molecule has 2 amide bonds. The maximum absolute atomic E-state index is 12.5. The van der Waals surface area contributed by atoms with Crippen molar-refractivity contribution < 1.29 is 32.3 Å². The van der Waals surface area contributed by atoms with E-state index in [0.717, 1.165) is 11.8 Å². The largest absolute Gasteiger partial charge is 0.452 e. The number of amides is 2. The molecule has 0 aromatic heterocycles. The van der Waals surface area contributed by atoms with Gasteiger partial charge in [-0.25, -0.2) is 18.4 Å². The van der Waals surface area contributed by atoms with E-state index in [-0.39, 0.29) is 27.8 Å². The van der Waals surface area contributed by atoms with E-state index >= 15 is 0 Å². The first-order valence-corrected chi connectivity index (χ1v) is 12.2. The zero-order chi connectivity index (χ0) is 24.4. The number of ether oxygens (including phenoxy) is 2. The fraction of sp³-hybridized carbons (Fsp3) is 0.286. The third-order valence-electron chi connectivity index (χ3n) is 4.21. The number of carbonyl (C=O) groups is 3. The highest BCUT2D eigenvalue weighted by molar-refractivity contribution is 8.00. The quantitative estimate of drug-likeness (QED) is 0.239. The summed E-state index contributed by atoms with van der Waals surface area (Å²) in [6.07, 6.45) is 0. The predicted octanol–water partition coefficient (Wildman–Crippen LogP) is 1.29. The Labute approximate surface area is 196 Å². The summed E-state index contributed by atoms with van der Waals surface area (Å²) in [5.74, 6) is -1.51. The van der Waals surface area contributed by atoms with Gasteiger partial charge in [-0.15, -0.1) is 11.8 Å². The minimum atomic E-state index is -3.95. The van der Waals surface area contributed by atoms with Gasteiger partial charge in [0.25, 0.3) is 5.91 Å². The molecule has 0 saturated carbocycles. The van der Waals surface area contributed by atoms with Gasteiger partial charge in [0.2, 0.25) is 15.9 Å². The Hall–Kier alpha value is -2.93. The summed E-state index contributed by atoms with van der Waals surface area (Å²) < 4.78 is 33.2. The Morgan fingerprint density at radius 1 is 1.09 bits per heavy atom. The SMILES string of the molecule is COCCNC(=O)CSc1ccccc1C(=O)OCC(=O)Nc1ccc(C)c(S(N)(=O)=O)c1. The van der Waals surface area contributed by atoms with Crippen LogP contribution >= 0.6 is 11.8 Å². The van der Waals surface area contributed by atoms with Crippen LogP contribution in [0.25, 0.3) is 0 Å². The fourth-order valence-electron chi connectivity index (χ4n) is 2.64. The van der Waals surface area contributed by atoms with Crippen LogP contribution in [0.5, 0.6) is 0 Å². The third-order valence-corrected chi connectivity index (χ3v) is 6.33. The minimum Gasteiger partial charge on any atom is -0.452 e. The Morgan fingerprint density at radius 2 is 1.82 bits per heavy atom. The van der Waals surface area contributed by atoms with Crippen molar-refractivity contribution in [3.63, 3.8) is 0 Å². The van der Waals surface area contributed by atoms with Crippen molar-refractivity contribution in [1.29, 1.82) is 0 Å². The minimum absolute atomic E-state index is 0.0916. The van der Waals surface area contributed by atoms with Gasteiger partial charge in [-0.2, -0.15) is 0 Å². The first kappa shape index (κ1) is 26.3. The Kier molecular flexibility index (Phi) is 9.85. The molecule has 2 rings (SSSR count). The number of esters is 1. The number of thioether (sulfide) groups is 1. The average Bonchev–Trinajstić information content (AvgIpc) is 2.77. The number of rotatable bonds is 11. The number of sulfonamides is 1. The number of primary sulfonamides is 1. The summed E-state index contributed by atoms with van der Waals surface area (Å²) >= 11 is 1.16. The molecule has 0 aliphatic heterocycles. The topological polar surface area (TPSA) is 154 Å². The number of nitrogens with two attached hydrogens (primary N) is 1. The molecule has 4 N–H and O–H groups in total. The lowest BCUT2D eigenvalue weighted by molar-refractivity contribution is -0.119. The molecule has 0 heterocycles. The van der Waals surface area contributed by atoms with Crippen molar-refractivity contribution in [2.45, 2.75) is 16.7 Å². The molecule has 0 saturated heterocycles. The summed E-state index contributed by atoms with van der Waals surface area (Å²) in [7, 11) is -2.42. The number of hydrogen-bond donors (Lipinski definition) is 3. The molecule has 0 unspecified atom stereocenters. The molecule has 178 valence electrons. The highest BCUT2D eigenvalue weighted by atomic mass is 32.2. The maximum atomic E-state index is 12.5. The molecular weight excluding hydrogens is 470 g/mol. The lowest BCUT2D eigenvalue weighted by atomic mass is 10.2. The van der Waals surface area contributed by atoms with Gasteiger partial charge in [-0.05, 0) is 36.8 Å². The van der Waals surface area contributed by atoms with Gasteiger partial charge in [0, 0.05) is 24.2 Å². The molecule has 10 nitrogen and oxygen atoms in total. The second-order valence-electron chi connectivity index (χ2n) is 6.78. The van der Waals surface area contributed by atoms with E-state index in [4.69, 9.17) is 14.6 Å². The molecule has 0 aliphatic carbocycles. The Morgan fingerprint density at radius 3 is 2.52 bits per heavy atom. The van der Waals surface area contributed by atoms with Crippen LogP contribution in [0.15, 0.2) is 52.3 Å². The zero-order valence-corrected chi connectivity index (χ0v) is 19.8. The predicted molar refractivity (Wildman–Crippen MR) is 124 cm³/mol. The molecule has 0 spiro atoms. The van der Waals surface area contributed by atoms with E-state index in [9.17, 15) is 22.8 Å². The number of nitrogens with one attached hydrogen (secondary N) is 2. The first-order valence-electron chi connectivity index (χ1n) is 9.69. The second-order valence-corrected chi connectivity index (χ2v) is 9.32. The van der Waals surface area contributed by atoms with Crippen molar-refractivity contribution in [1.82, 2.24) is 5.32 Å². The van der Waals surface area contributed by atoms with Crippen LogP contribution in [0, 0.1) is 6.92 Å². The van der Waals surface area contributed by atoms with Crippen LogP contribution < -0.4 is 15.8 Å². The number of methoxy groups -OCH3 is 1. The lowest BCUT2D eigenvalue weighted by Gasteiger charge is -2.11. The van der Waals surface area contributed by atoms with Crippen LogP contribution in [0.1, 0.15) is 15.9 Å². The van der Waals surface area contributed by atoms with Crippen molar-refractivity contribution >= 4 is 45.3 Å². The highest BCUT2D eigenvalue weighted by Crippen LogP contribution is 2.23. The van der Waals surface area contributed by atoms with Crippen LogP contribution in [-0.2, 0) is 29.1 Å². The monoisotopic (exact) mass is 495 g/mol. The molecule has 0 aliphatic rings. The summed E-state index contributed by atoms with van der Waals surface area (Å²) in [5, 5.41) is 10.3.